The number of carboxylic acid groups (broad SMARTS) is 2. The fraction of sp³-hybridized carbons (Fsp3) is 0.231. The Balaban J connectivity index is 0.000000252. The highest BCUT2D eigenvalue weighted by atomic mass is 35.5. The quantitative estimate of drug-likeness (QED) is 0.0849. The van der Waals surface area contributed by atoms with E-state index in [9.17, 15) is 33.8 Å². The van der Waals surface area contributed by atoms with Crippen molar-refractivity contribution < 1.29 is 43.6 Å². The molecule has 5 rings (SSSR count). The van der Waals surface area contributed by atoms with Crippen molar-refractivity contribution in [1.82, 2.24) is 4.90 Å². The van der Waals surface area contributed by atoms with Crippen molar-refractivity contribution in [2.75, 3.05) is 13.8 Å². The molecular weight excluding hydrogens is 665 g/mol. The average Bonchev–Trinajstić information content (AvgIpc) is 3.11. The van der Waals surface area contributed by atoms with Crippen LogP contribution in [0.15, 0.2) is 96.6 Å². The Hall–Kier alpha value is -5.16. The lowest BCUT2D eigenvalue weighted by Gasteiger charge is -2.35. The minimum absolute atomic E-state index is 0.0165. The van der Waals surface area contributed by atoms with Crippen LogP contribution in [0.1, 0.15) is 81.3 Å². The Morgan fingerprint density at radius 3 is 2.16 bits per heavy atom. The largest absolute Gasteiger partial charge is 0.496 e. The van der Waals surface area contributed by atoms with Gasteiger partial charge in [-0.3, -0.25) is 19.3 Å². The van der Waals surface area contributed by atoms with Crippen molar-refractivity contribution in [1.29, 1.82) is 0 Å². The van der Waals surface area contributed by atoms with E-state index >= 15 is 0 Å². The molecule has 2 atom stereocenters. The van der Waals surface area contributed by atoms with Crippen molar-refractivity contribution in [2.24, 2.45) is 0 Å². The van der Waals surface area contributed by atoms with Gasteiger partial charge in [-0.2, -0.15) is 0 Å². The van der Waals surface area contributed by atoms with Crippen molar-refractivity contribution in [3.8, 4) is 5.75 Å². The highest BCUT2D eigenvalue weighted by molar-refractivity contribution is 6.30. The monoisotopic (exact) mass is 701 g/mol. The van der Waals surface area contributed by atoms with Gasteiger partial charge in [0.2, 0.25) is 0 Å². The second kappa shape index (κ2) is 16.5. The molecule has 50 heavy (non-hydrogen) atoms. The average molecular weight is 702 g/mol. The van der Waals surface area contributed by atoms with Crippen LogP contribution in [0.5, 0.6) is 5.75 Å². The maximum absolute atomic E-state index is 14.4. The van der Waals surface area contributed by atoms with Gasteiger partial charge < -0.3 is 20.1 Å². The van der Waals surface area contributed by atoms with E-state index in [0.29, 0.717) is 39.1 Å². The van der Waals surface area contributed by atoms with Crippen LogP contribution in [-0.4, -0.2) is 63.6 Å². The molecule has 0 amide bonds. The number of ether oxygens (including phenoxy) is 1. The molecular formula is C39H37ClFNO8. The van der Waals surface area contributed by atoms with E-state index in [1.807, 2.05) is 19.9 Å². The van der Waals surface area contributed by atoms with Gasteiger partial charge in [0.05, 0.1) is 30.8 Å². The third-order valence-electron chi connectivity index (χ3n) is 8.47. The number of carbonyl (C=O) groups is 4. The second-order valence-electron chi connectivity index (χ2n) is 11.9. The molecule has 0 fully saturated rings. The van der Waals surface area contributed by atoms with Gasteiger partial charge in [0.15, 0.2) is 11.6 Å². The van der Waals surface area contributed by atoms with Crippen LogP contribution in [0.25, 0.3) is 0 Å². The van der Waals surface area contributed by atoms with Crippen LogP contribution >= 0.6 is 11.6 Å². The van der Waals surface area contributed by atoms with E-state index < -0.39 is 35.5 Å². The number of aliphatic hydroxyl groups is 1. The minimum Gasteiger partial charge on any atom is -0.496 e. The van der Waals surface area contributed by atoms with Crippen molar-refractivity contribution in [3.05, 3.63) is 146 Å². The number of carbonyl (C=O) groups excluding carboxylic acids is 2. The summed E-state index contributed by atoms with van der Waals surface area (Å²) in [5, 5.41) is 28.4. The molecule has 0 radical (unpaired) electrons. The number of rotatable bonds is 11. The number of halogens is 2. The highest BCUT2D eigenvalue weighted by Crippen LogP contribution is 2.38. The zero-order chi connectivity index (χ0) is 36.7. The Bertz CT molecular complexity index is 1940. The van der Waals surface area contributed by atoms with Crippen molar-refractivity contribution in [2.45, 2.75) is 45.2 Å². The molecule has 0 heterocycles. The van der Waals surface area contributed by atoms with Gasteiger partial charge in [0, 0.05) is 29.2 Å². The van der Waals surface area contributed by atoms with Crippen LogP contribution in [0.3, 0.4) is 0 Å². The number of carboxylic acids is 2. The lowest BCUT2D eigenvalue weighted by molar-refractivity contribution is -0.138. The number of fused-ring (bicyclic) bond motifs is 1. The molecule has 0 saturated carbocycles. The number of methoxy groups -OCH3 is 1. The molecule has 9 nitrogen and oxygen atoms in total. The first-order valence-corrected chi connectivity index (χ1v) is 16.1. The second-order valence-corrected chi connectivity index (χ2v) is 12.3. The summed E-state index contributed by atoms with van der Waals surface area (Å²) in [6.45, 7) is 4.98. The normalized spacial score (nSPS) is 14.3. The topological polar surface area (TPSA) is 141 Å². The number of aliphatic hydroxyl groups excluding tert-OH is 1. The van der Waals surface area contributed by atoms with Crippen LogP contribution in [0, 0.1) is 5.82 Å². The Labute approximate surface area is 294 Å². The van der Waals surface area contributed by atoms with Crippen LogP contribution in [0.4, 0.5) is 4.39 Å². The molecule has 0 aromatic heterocycles. The maximum Gasteiger partial charge on any atom is 0.339 e. The predicted octanol–water partition coefficient (Wildman–Crippen LogP) is 7.09. The van der Waals surface area contributed by atoms with E-state index in [0.717, 1.165) is 0 Å². The van der Waals surface area contributed by atoms with E-state index in [1.54, 1.807) is 78.6 Å². The third kappa shape index (κ3) is 8.34. The van der Waals surface area contributed by atoms with Gasteiger partial charge in [-0.15, -0.1) is 0 Å². The molecule has 0 spiro atoms. The third-order valence-corrected chi connectivity index (χ3v) is 8.76. The van der Waals surface area contributed by atoms with E-state index in [1.165, 1.54) is 25.3 Å². The van der Waals surface area contributed by atoms with E-state index in [-0.39, 0.29) is 41.1 Å². The molecule has 2 unspecified atom stereocenters. The Kier molecular flexibility index (Phi) is 12.4. The molecule has 0 bridgehead atoms. The Morgan fingerprint density at radius 2 is 1.56 bits per heavy atom. The summed E-state index contributed by atoms with van der Waals surface area (Å²) in [5.74, 6) is -3.75. The number of ketones is 2. The molecule has 0 saturated heterocycles. The summed E-state index contributed by atoms with van der Waals surface area (Å²) in [5.41, 5.74) is 2.91. The van der Waals surface area contributed by atoms with Gasteiger partial charge in [-0.05, 0) is 73.4 Å². The van der Waals surface area contributed by atoms with Crippen LogP contribution in [-0.2, 0) is 16.0 Å². The summed E-state index contributed by atoms with van der Waals surface area (Å²) in [6.07, 6.45) is 1.44. The molecule has 4 aromatic rings. The minimum atomic E-state index is -1.35. The molecule has 1 aliphatic rings. The zero-order valence-corrected chi connectivity index (χ0v) is 28.6. The SMILES string of the molecule is CC(C(=O)O)c1cccc(C(=O)c2ccccc2)c1.COc1cc2c(cc1Cc1cccc(Cl)c1F)C(=O)C(C(=O)O)=CC2N(CO)C(C)C. The summed E-state index contributed by atoms with van der Waals surface area (Å²) in [6, 6.07) is 22.8. The lowest BCUT2D eigenvalue weighted by Crippen LogP contribution is -2.38. The molecule has 4 aromatic carbocycles. The number of nitrogens with zero attached hydrogens (tertiary/aromatic N) is 1. The molecule has 1 aliphatic carbocycles. The number of hydrogen-bond acceptors (Lipinski definition) is 7. The van der Waals surface area contributed by atoms with Crippen molar-refractivity contribution >= 4 is 35.1 Å². The smallest absolute Gasteiger partial charge is 0.339 e. The van der Waals surface area contributed by atoms with E-state index in [4.69, 9.17) is 21.4 Å². The fourth-order valence-corrected chi connectivity index (χ4v) is 5.83. The lowest BCUT2D eigenvalue weighted by atomic mass is 9.84. The summed E-state index contributed by atoms with van der Waals surface area (Å²) in [4.78, 5) is 49.5. The first kappa shape index (κ1) is 37.7. The standard InChI is InChI=1S/C23H23ClFNO5.C16H14O3/c1-12(2)26(11-27)19-9-17(23(29)30)22(28)16-8-14(20(31-3)10-15(16)19)7-13-5-4-6-18(24)21(13)25;1-11(16(18)19)13-8-5-9-14(10-13)15(17)12-6-3-2-4-7-12/h4-6,8-10,12,19,27H,7,11H2,1-3H3,(H,29,30);2-11H,1H3,(H,18,19). The van der Waals surface area contributed by atoms with Gasteiger partial charge in [0.1, 0.15) is 17.1 Å². The summed E-state index contributed by atoms with van der Waals surface area (Å²) >= 11 is 5.88. The fourth-order valence-electron chi connectivity index (χ4n) is 5.63. The van der Waals surface area contributed by atoms with Crippen LogP contribution in [0.2, 0.25) is 5.02 Å². The van der Waals surface area contributed by atoms with E-state index in [2.05, 4.69) is 0 Å². The first-order chi connectivity index (χ1) is 23.8. The highest BCUT2D eigenvalue weighted by Gasteiger charge is 2.35. The maximum atomic E-state index is 14.4. The Morgan fingerprint density at radius 1 is 0.900 bits per heavy atom. The summed E-state index contributed by atoms with van der Waals surface area (Å²) in [7, 11) is 1.46. The zero-order valence-electron chi connectivity index (χ0n) is 27.9. The number of benzene rings is 4. The van der Waals surface area contributed by atoms with Crippen molar-refractivity contribution in [3.63, 3.8) is 0 Å². The van der Waals surface area contributed by atoms with Gasteiger partial charge in [-0.1, -0.05) is 72.3 Å². The molecule has 3 N–H and O–H groups in total. The molecule has 0 aliphatic heterocycles. The number of hydrogen-bond donors (Lipinski definition) is 3. The van der Waals surface area contributed by atoms with Gasteiger partial charge >= 0.3 is 11.9 Å². The number of aliphatic carboxylic acids is 2. The predicted molar refractivity (Wildman–Crippen MR) is 186 cm³/mol. The molecule has 260 valence electrons. The van der Waals surface area contributed by atoms with Gasteiger partial charge in [-0.25, -0.2) is 9.18 Å². The number of Topliss-reactive ketones (excluding diaryl/α,β-unsaturated/α-hetero) is 1. The molecule has 11 heteroatoms. The van der Waals surface area contributed by atoms with Crippen LogP contribution < -0.4 is 4.74 Å². The first-order valence-electron chi connectivity index (χ1n) is 15.7. The summed E-state index contributed by atoms with van der Waals surface area (Å²) < 4.78 is 19.9. The van der Waals surface area contributed by atoms with Gasteiger partial charge in [0.25, 0.3) is 0 Å².